The van der Waals surface area contributed by atoms with Crippen molar-refractivity contribution in [3.63, 3.8) is 0 Å². The minimum atomic E-state index is -0.903. The molecule has 0 radical (unpaired) electrons. The molecule has 0 saturated heterocycles. The Hall–Kier alpha value is -4.21. The van der Waals surface area contributed by atoms with Gasteiger partial charge in [0.15, 0.2) is 0 Å². The molecule has 2 aromatic carbocycles. The van der Waals surface area contributed by atoms with Crippen LogP contribution in [-0.2, 0) is 14.2 Å². The first-order valence-electron chi connectivity index (χ1n) is 15.2. The van der Waals surface area contributed by atoms with E-state index in [9.17, 15) is 14.4 Å². The van der Waals surface area contributed by atoms with Crippen molar-refractivity contribution in [3.05, 3.63) is 52.9 Å². The fourth-order valence-corrected chi connectivity index (χ4v) is 6.52. The first-order chi connectivity index (χ1) is 22.5. The molecule has 0 bridgehead atoms. The molecule has 0 atom stereocenters. The summed E-state index contributed by atoms with van der Waals surface area (Å²) in [5.74, 6) is -0.270. The van der Waals surface area contributed by atoms with Gasteiger partial charge in [-0.3, -0.25) is 16.0 Å². The Labute approximate surface area is 300 Å². The van der Waals surface area contributed by atoms with E-state index < -0.39 is 35.1 Å². The van der Waals surface area contributed by atoms with Crippen LogP contribution in [0.15, 0.2) is 61.5 Å². The van der Waals surface area contributed by atoms with Crippen LogP contribution in [0.1, 0.15) is 72.8 Å². The second kappa shape index (κ2) is 15.6. The molecule has 0 spiro atoms. The van der Waals surface area contributed by atoms with Crippen molar-refractivity contribution in [3.8, 4) is 11.1 Å². The predicted octanol–water partition coefficient (Wildman–Crippen LogP) is 8.82. The predicted molar refractivity (Wildman–Crippen MR) is 200 cm³/mol. The maximum Gasteiger partial charge on any atom is 0.437 e. The van der Waals surface area contributed by atoms with Gasteiger partial charge in [0.25, 0.3) is 0 Å². The van der Waals surface area contributed by atoms with Gasteiger partial charge in [0.2, 0.25) is 5.96 Å². The van der Waals surface area contributed by atoms with Crippen LogP contribution >= 0.6 is 35.7 Å². The number of amidine groups is 1. The average Bonchev–Trinajstić information content (AvgIpc) is 3.25. The van der Waals surface area contributed by atoms with E-state index in [0.717, 1.165) is 26.5 Å². The van der Waals surface area contributed by atoms with E-state index >= 15 is 0 Å². The number of nitrogen functional groups attached to an aromatic ring is 1. The summed E-state index contributed by atoms with van der Waals surface area (Å²) >= 11 is 7.34. The number of guanidine groups is 1. The molecule has 3 amide bonds. The van der Waals surface area contributed by atoms with Gasteiger partial charge in [0.1, 0.15) is 22.6 Å². The topological polar surface area (TPSA) is 177 Å². The molecule has 3 aromatic rings. The molecule has 49 heavy (non-hydrogen) atoms. The lowest BCUT2D eigenvalue weighted by molar-refractivity contribution is 0.0548. The lowest BCUT2D eigenvalue weighted by atomic mass is 9.98. The molecule has 0 aliphatic carbocycles. The van der Waals surface area contributed by atoms with Crippen LogP contribution in [-0.4, -0.2) is 46.9 Å². The number of ether oxygens (including phenoxy) is 3. The Kier molecular flexibility index (Phi) is 12.5. The quantitative estimate of drug-likeness (QED) is 0.0493. The molecule has 0 aliphatic heterocycles. The van der Waals surface area contributed by atoms with Crippen molar-refractivity contribution >= 4 is 77.2 Å². The SMILES string of the molecule is Cc1cc(N/C(=N/C(=O)OC(C)(C)C)NC(=O)OC(C)(C)C)cc(N)c1-c1cccc(Sc2cc(C(=N)NC(=O)OC(C)(C)C)sc2S)c1. The van der Waals surface area contributed by atoms with E-state index in [4.69, 9.17) is 25.4 Å². The van der Waals surface area contributed by atoms with Crippen LogP contribution in [0.4, 0.5) is 25.8 Å². The summed E-state index contributed by atoms with van der Waals surface area (Å²) in [5, 5.41) is 16.2. The van der Waals surface area contributed by atoms with Gasteiger partial charge in [-0.1, -0.05) is 23.9 Å². The summed E-state index contributed by atoms with van der Waals surface area (Å²) in [6.45, 7) is 17.4. The zero-order chi connectivity index (χ0) is 36.9. The molecule has 6 N–H and O–H groups in total. The van der Waals surface area contributed by atoms with Crippen LogP contribution in [0, 0.1) is 12.3 Å². The highest BCUT2D eigenvalue weighted by molar-refractivity contribution is 8.00. The minimum Gasteiger partial charge on any atom is -0.444 e. The first kappa shape index (κ1) is 39.2. The molecule has 3 rings (SSSR count). The number of carbonyl (C=O) groups excluding carboxylic acids is 3. The zero-order valence-corrected chi connectivity index (χ0v) is 31.8. The smallest absolute Gasteiger partial charge is 0.437 e. The molecular weight excluding hydrogens is 685 g/mol. The highest BCUT2D eigenvalue weighted by Crippen LogP contribution is 2.40. The summed E-state index contributed by atoms with van der Waals surface area (Å²) < 4.78 is 16.6. The third-order valence-electron chi connectivity index (χ3n) is 5.75. The van der Waals surface area contributed by atoms with Crippen LogP contribution in [0.25, 0.3) is 11.1 Å². The third kappa shape index (κ3) is 13.0. The van der Waals surface area contributed by atoms with Crippen molar-refractivity contribution in [2.24, 2.45) is 4.99 Å². The van der Waals surface area contributed by atoms with Crippen molar-refractivity contribution in [1.29, 1.82) is 5.41 Å². The monoisotopic (exact) mass is 728 g/mol. The lowest BCUT2D eigenvalue weighted by Gasteiger charge is -2.21. The molecule has 0 aliphatic rings. The Balaban J connectivity index is 1.84. The van der Waals surface area contributed by atoms with Crippen molar-refractivity contribution < 1.29 is 28.6 Å². The zero-order valence-electron chi connectivity index (χ0n) is 29.3. The molecule has 12 nitrogen and oxygen atoms in total. The van der Waals surface area contributed by atoms with Crippen molar-refractivity contribution in [2.75, 3.05) is 11.1 Å². The number of nitrogens with two attached hydrogens (primary N) is 1. The van der Waals surface area contributed by atoms with Crippen LogP contribution in [0.5, 0.6) is 0 Å². The van der Waals surface area contributed by atoms with Crippen molar-refractivity contribution in [1.82, 2.24) is 10.6 Å². The summed E-state index contributed by atoms with van der Waals surface area (Å²) in [5.41, 5.74) is 7.68. The van der Waals surface area contributed by atoms with Gasteiger partial charge in [-0.05, 0) is 111 Å². The largest absolute Gasteiger partial charge is 0.444 e. The van der Waals surface area contributed by atoms with Crippen LogP contribution < -0.4 is 21.7 Å². The number of amides is 3. The minimum absolute atomic E-state index is 0.0761. The average molecular weight is 729 g/mol. The van der Waals surface area contributed by atoms with E-state index in [-0.39, 0.29) is 11.8 Å². The second-order valence-corrected chi connectivity index (χ2v) is 16.8. The fourth-order valence-electron chi connectivity index (χ4n) is 4.15. The van der Waals surface area contributed by atoms with E-state index in [0.29, 0.717) is 20.5 Å². The number of anilines is 2. The number of carbonyl (C=O) groups is 3. The number of hydrogen-bond donors (Lipinski definition) is 6. The number of aliphatic imine (C=N–C) groups is 1. The van der Waals surface area contributed by atoms with E-state index in [2.05, 4.69) is 33.6 Å². The molecule has 0 unspecified atom stereocenters. The number of rotatable bonds is 5. The standard InChI is InChI=1S/C34H44N6O6S3/c1-18-14-20(37-28(39-30(42)45-33(5,6)7)40-31(43)46-34(8,9)10)16-22(35)25(18)19-12-11-13-21(15-19)48-24-17-23(49-27(24)47)26(36)38-29(41)44-32(2,3)4/h11-17,47H,35H2,1-10H3,(H2,36,38,41)(H2,37,39,40,42,43). The van der Waals surface area contributed by atoms with Gasteiger partial charge < -0.3 is 25.3 Å². The highest BCUT2D eigenvalue weighted by Gasteiger charge is 2.22. The Morgan fingerprint density at radius 2 is 1.47 bits per heavy atom. The summed E-state index contributed by atoms with van der Waals surface area (Å²) in [7, 11) is 0. The van der Waals surface area contributed by atoms with Gasteiger partial charge in [-0.25, -0.2) is 14.4 Å². The van der Waals surface area contributed by atoms with E-state index in [1.807, 2.05) is 37.3 Å². The van der Waals surface area contributed by atoms with Crippen molar-refractivity contribution in [2.45, 2.75) is 100 Å². The molecule has 15 heteroatoms. The summed E-state index contributed by atoms with van der Waals surface area (Å²) in [6, 6.07) is 13.1. The molecule has 1 heterocycles. The molecule has 0 fully saturated rings. The molecule has 264 valence electrons. The van der Waals surface area contributed by atoms with Crippen LogP contribution in [0.3, 0.4) is 0 Å². The summed E-state index contributed by atoms with van der Waals surface area (Å²) in [4.78, 5) is 43.3. The number of thiophene rings is 1. The third-order valence-corrected chi connectivity index (χ3v) is 8.53. The number of nitrogens with zero attached hydrogens (tertiary/aromatic N) is 1. The normalized spacial score (nSPS) is 12.2. The van der Waals surface area contributed by atoms with E-state index in [1.165, 1.54) is 23.1 Å². The lowest BCUT2D eigenvalue weighted by Crippen LogP contribution is -2.40. The Morgan fingerprint density at radius 1 is 0.878 bits per heavy atom. The summed E-state index contributed by atoms with van der Waals surface area (Å²) in [6.07, 6.45) is -2.41. The maximum absolute atomic E-state index is 12.5. The van der Waals surface area contributed by atoms with Gasteiger partial charge in [-0.15, -0.1) is 29.0 Å². The Morgan fingerprint density at radius 3 is 2.04 bits per heavy atom. The highest BCUT2D eigenvalue weighted by atomic mass is 32.2. The van der Waals surface area contributed by atoms with Gasteiger partial charge in [0.05, 0.1) is 9.09 Å². The molecule has 1 aromatic heterocycles. The molecule has 0 saturated carbocycles. The molecular formula is C34H44N6O6S3. The number of aryl methyl sites for hydroxylation is 1. The van der Waals surface area contributed by atoms with Gasteiger partial charge in [0, 0.05) is 26.7 Å². The second-order valence-electron chi connectivity index (χ2n) is 13.9. The van der Waals surface area contributed by atoms with Gasteiger partial charge >= 0.3 is 18.3 Å². The van der Waals surface area contributed by atoms with Crippen LogP contribution in [0.2, 0.25) is 0 Å². The number of alkyl carbamates (subject to hydrolysis) is 2. The van der Waals surface area contributed by atoms with Gasteiger partial charge in [-0.2, -0.15) is 0 Å². The number of hydrogen-bond acceptors (Lipinski definition) is 11. The fraction of sp³-hybridized carbons (Fsp3) is 0.382. The number of thiol groups is 1. The first-order valence-corrected chi connectivity index (χ1v) is 17.2. The number of benzene rings is 2. The maximum atomic E-state index is 12.5. The van der Waals surface area contributed by atoms with E-state index in [1.54, 1.807) is 74.4 Å². The number of nitrogens with one attached hydrogen (secondary N) is 4. The Bertz CT molecular complexity index is 1740.